The molecule has 1 saturated carbocycles. The number of nitrogens with two attached hydrogens (primary N) is 1. The first-order valence-corrected chi connectivity index (χ1v) is 10.5. The van der Waals surface area contributed by atoms with E-state index in [0.29, 0.717) is 17.9 Å². The molecule has 0 saturated heterocycles. The summed E-state index contributed by atoms with van der Waals surface area (Å²) < 4.78 is 0. The van der Waals surface area contributed by atoms with Gasteiger partial charge in [-0.15, -0.1) is 0 Å². The van der Waals surface area contributed by atoms with Crippen LogP contribution in [0.15, 0.2) is 35.1 Å². The Labute approximate surface area is 169 Å². The Hall–Kier alpha value is -2.89. The van der Waals surface area contributed by atoms with Crippen molar-refractivity contribution >= 4 is 11.8 Å². The van der Waals surface area contributed by atoms with Crippen LogP contribution in [0.4, 0.5) is 0 Å². The van der Waals surface area contributed by atoms with E-state index in [-0.39, 0.29) is 17.5 Å². The number of fused-ring (bicyclic) bond motifs is 1. The summed E-state index contributed by atoms with van der Waals surface area (Å²) in [5, 5.41) is 3.06. The number of aromatic nitrogens is 1. The van der Waals surface area contributed by atoms with Gasteiger partial charge in [-0.3, -0.25) is 14.4 Å². The van der Waals surface area contributed by atoms with Crippen molar-refractivity contribution in [3.05, 3.63) is 68.6 Å². The molecule has 2 aliphatic rings. The lowest BCUT2D eigenvalue weighted by atomic mass is 9.84. The van der Waals surface area contributed by atoms with E-state index in [1.165, 1.54) is 43.7 Å². The molecule has 1 fully saturated rings. The van der Waals surface area contributed by atoms with Crippen molar-refractivity contribution in [2.24, 2.45) is 5.73 Å². The van der Waals surface area contributed by atoms with E-state index in [4.69, 9.17) is 5.73 Å². The van der Waals surface area contributed by atoms with Crippen LogP contribution >= 0.6 is 0 Å². The van der Waals surface area contributed by atoms with E-state index >= 15 is 0 Å². The largest absolute Gasteiger partial charge is 0.365 e. The number of carbonyl (C=O) groups is 2. The van der Waals surface area contributed by atoms with Gasteiger partial charge in [0.2, 0.25) is 0 Å². The van der Waals surface area contributed by atoms with Gasteiger partial charge in [0.05, 0.1) is 6.04 Å². The fourth-order valence-electron chi connectivity index (χ4n) is 4.66. The van der Waals surface area contributed by atoms with Crippen LogP contribution < -0.4 is 16.6 Å². The first-order chi connectivity index (χ1) is 14.0. The summed E-state index contributed by atoms with van der Waals surface area (Å²) >= 11 is 0. The minimum absolute atomic E-state index is 0.0678. The number of hydrogen-bond donors (Lipinski definition) is 3. The Bertz CT molecular complexity index is 972. The predicted octanol–water partition coefficient (Wildman–Crippen LogP) is 3.33. The molecule has 1 aromatic heterocycles. The number of primary amides is 1. The molecule has 1 atom stereocenters. The van der Waals surface area contributed by atoms with Crippen LogP contribution in [0.25, 0.3) is 0 Å². The van der Waals surface area contributed by atoms with Crippen LogP contribution in [0, 0.1) is 0 Å². The van der Waals surface area contributed by atoms with Gasteiger partial charge >= 0.3 is 0 Å². The number of aryl methyl sites for hydroxylation is 1. The van der Waals surface area contributed by atoms with Crippen molar-refractivity contribution in [2.75, 3.05) is 0 Å². The molecule has 6 heteroatoms. The summed E-state index contributed by atoms with van der Waals surface area (Å²) in [6.45, 7) is 0. The zero-order valence-corrected chi connectivity index (χ0v) is 16.5. The monoisotopic (exact) mass is 393 g/mol. The molecule has 4 rings (SSSR count). The highest BCUT2D eigenvalue weighted by atomic mass is 16.2. The van der Waals surface area contributed by atoms with Crippen molar-refractivity contribution < 1.29 is 9.59 Å². The molecule has 1 unspecified atom stereocenters. The highest BCUT2D eigenvalue weighted by Gasteiger charge is 2.25. The fraction of sp³-hybridized carbons (Fsp3) is 0.435. The van der Waals surface area contributed by atoms with Gasteiger partial charge in [0.25, 0.3) is 17.4 Å². The summed E-state index contributed by atoms with van der Waals surface area (Å²) in [5.41, 5.74) is 8.25. The lowest BCUT2D eigenvalue weighted by Crippen LogP contribution is -2.34. The summed E-state index contributed by atoms with van der Waals surface area (Å²) in [7, 11) is 0. The number of benzene rings is 1. The Kier molecular flexibility index (Phi) is 5.51. The van der Waals surface area contributed by atoms with Gasteiger partial charge in [-0.2, -0.15) is 0 Å². The number of hydrogen-bond acceptors (Lipinski definition) is 3. The normalized spacial score (nSPS) is 19.4. The van der Waals surface area contributed by atoms with Crippen LogP contribution in [0.5, 0.6) is 0 Å². The zero-order chi connectivity index (χ0) is 20.4. The first-order valence-electron chi connectivity index (χ1n) is 10.5. The molecular weight excluding hydrogens is 366 g/mol. The van der Waals surface area contributed by atoms with Gasteiger partial charge < -0.3 is 16.0 Å². The molecular formula is C23H27N3O3. The summed E-state index contributed by atoms with van der Waals surface area (Å²) in [6, 6.07) is 9.21. The quantitative estimate of drug-likeness (QED) is 0.742. The maximum Gasteiger partial charge on any atom is 0.261 e. The Morgan fingerprint density at radius 3 is 2.41 bits per heavy atom. The third kappa shape index (κ3) is 4.11. The molecule has 2 amide bonds. The summed E-state index contributed by atoms with van der Waals surface area (Å²) in [4.78, 5) is 39.1. The second kappa shape index (κ2) is 8.23. The third-order valence-electron chi connectivity index (χ3n) is 6.27. The van der Waals surface area contributed by atoms with E-state index in [2.05, 4.69) is 22.4 Å². The molecule has 2 aromatic rings. The van der Waals surface area contributed by atoms with E-state index in [1.54, 1.807) is 0 Å². The maximum absolute atomic E-state index is 12.8. The van der Waals surface area contributed by atoms with Gasteiger partial charge in [0.15, 0.2) is 0 Å². The number of pyridine rings is 1. The standard InChI is InChI=1S/C23H27N3O3/c24-21(27)18-13-17-19(7-4-8-20(17)26-23(18)29)25-22(28)16-11-9-15(10-12-16)14-5-2-1-3-6-14/h9-14,19H,1-8H2,(H2,24,27)(H,25,28)(H,26,29). The van der Waals surface area contributed by atoms with E-state index < -0.39 is 11.5 Å². The van der Waals surface area contributed by atoms with Crippen molar-refractivity contribution in [1.82, 2.24) is 10.3 Å². The predicted molar refractivity (Wildman–Crippen MR) is 111 cm³/mol. The lowest BCUT2D eigenvalue weighted by Gasteiger charge is -2.26. The number of aromatic amines is 1. The SMILES string of the molecule is NC(=O)c1cc2c([nH]c1=O)CCCC2NC(=O)c1ccc(C2CCCCC2)cc1. The van der Waals surface area contributed by atoms with E-state index in [9.17, 15) is 14.4 Å². The van der Waals surface area contributed by atoms with Gasteiger partial charge in [-0.25, -0.2) is 0 Å². The van der Waals surface area contributed by atoms with Crippen LogP contribution in [0.2, 0.25) is 0 Å². The smallest absolute Gasteiger partial charge is 0.261 e. The number of H-pyrrole nitrogens is 1. The molecule has 0 bridgehead atoms. The zero-order valence-electron chi connectivity index (χ0n) is 16.5. The Morgan fingerprint density at radius 2 is 1.72 bits per heavy atom. The summed E-state index contributed by atoms with van der Waals surface area (Å²) in [6.07, 6.45) is 8.66. The molecule has 0 aliphatic heterocycles. The topological polar surface area (TPSA) is 105 Å². The van der Waals surface area contributed by atoms with Gasteiger partial charge in [-0.05, 0) is 67.3 Å². The fourth-order valence-corrected chi connectivity index (χ4v) is 4.66. The number of rotatable bonds is 4. The van der Waals surface area contributed by atoms with Crippen LogP contribution in [0.1, 0.15) is 94.4 Å². The second-order valence-electron chi connectivity index (χ2n) is 8.19. The molecule has 2 aliphatic carbocycles. The molecule has 0 spiro atoms. The molecule has 152 valence electrons. The number of carbonyl (C=O) groups excluding carboxylic acids is 2. The maximum atomic E-state index is 12.8. The lowest BCUT2D eigenvalue weighted by molar-refractivity contribution is 0.0932. The number of amides is 2. The van der Waals surface area contributed by atoms with Crippen molar-refractivity contribution in [2.45, 2.75) is 63.3 Å². The molecule has 6 nitrogen and oxygen atoms in total. The first kappa shape index (κ1) is 19.4. The molecule has 29 heavy (non-hydrogen) atoms. The molecule has 4 N–H and O–H groups in total. The molecule has 0 radical (unpaired) electrons. The minimum atomic E-state index is -0.761. The van der Waals surface area contributed by atoms with Crippen LogP contribution in [-0.2, 0) is 6.42 Å². The second-order valence-corrected chi connectivity index (χ2v) is 8.19. The van der Waals surface area contributed by atoms with Crippen LogP contribution in [-0.4, -0.2) is 16.8 Å². The Balaban J connectivity index is 1.51. The highest BCUT2D eigenvalue weighted by molar-refractivity contribution is 5.95. The van der Waals surface area contributed by atoms with Crippen molar-refractivity contribution in [1.29, 1.82) is 0 Å². The average Bonchev–Trinajstić information content (AvgIpc) is 2.74. The average molecular weight is 393 g/mol. The van der Waals surface area contributed by atoms with Crippen LogP contribution in [0.3, 0.4) is 0 Å². The van der Waals surface area contributed by atoms with Crippen molar-refractivity contribution in [3.8, 4) is 0 Å². The minimum Gasteiger partial charge on any atom is -0.365 e. The summed E-state index contributed by atoms with van der Waals surface area (Å²) in [5.74, 6) is -0.303. The molecule has 1 aromatic carbocycles. The highest BCUT2D eigenvalue weighted by Crippen LogP contribution is 2.33. The van der Waals surface area contributed by atoms with E-state index in [0.717, 1.165) is 24.1 Å². The van der Waals surface area contributed by atoms with E-state index in [1.807, 2.05) is 12.1 Å². The van der Waals surface area contributed by atoms with Gasteiger partial charge in [-0.1, -0.05) is 31.4 Å². The van der Waals surface area contributed by atoms with Gasteiger partial charge in [0.1, 0.15) is 5.56 Å². The Morgan fingerprint density at radius 1 is 1.00 bits per heavy atom. The van der Waals surface area contributed by atoms with Crippen molar-refractivity contribution in [3.63, 3.8) is 0 Å². The third-order valence-corrected chi connectivity index (χ3v) is 6.27. The van der Waals surface area contributed by atoms with Gasteiger partial charge in [0, 0.05) is 11.3 Å². The molecule has 1 heterocycles. The number of nitrogens with one attached hydrogen (secondary N) is 2.